The van der Waals surface area contributed by atoms with E-state index in [0.29, 0.717) is 31.6 Å². The molecule has 1 aliphatic rings. The molecule has 0 aromatic heterocycles. The Hall–Kier alpha value is -3.12. The average molecular weight is 509 g/mol. The molecule has 1 aliphatic heterocycles. The van der Waals surface area contributed by atoms with Crippen LogP contribution in [0.3, 0.4) is 0 Å². The second-order valence-corrected chi connectivity index (χ2v) is 9.31. The van der Waals surface area contributed by atoms with Crippen molar-refractivity contribution in [3.63, 3.8) is 0 Å². The average Bonchev–Trinajstić information content (AvgIpc) is 3.31. The third kappa shape index (κ3) is 8.55. The van der Waals surface area contributed by atoms with Gasteiger partial charge in [-0.3, -0.25) is 19.2 Å². The van der Waals surface area contributed by atoms with E-state index in [4.69, 9.17) is 10.8 Å². The number of carboxylic acid groups (broad SMARTS) is 2. The summed E-state index contributed by atoms with van der Waals surface area (Å²) < 4.78 is 0. The number of benzene rings is 1. The first-order chi connectivity index (χ1) is 16.6. The van der Waals surface area contributed by atoms with E-state index >= 15 is 0 Å². The molecule has 0 aliphatic carbocycles. The minimum atomic E-state index is -1.63. The molecule has 4 atom stereocenters. The van der Waals surface area contributed by atoms with E-state index in [1.807, 2.05) is 36.6 Å². The fourth-order valence-corrected chi connectivity index (χ4v) is 4.36. The van der Waals surface area contributed by atoms with Crippen molar-refractivity contribution in [1.29, 1.82) is 0 Å². The number of thioether (sulfide) groups is 1. The maximum atomic E-state index is 13.1. The maximum Gasteiger partial charge on any atom is 0.326 e. The number of nitrogens with zero attached hydrogens (tertiary/aromatic N) is 1. The van der Waals surface area contributed by atoms with Crippen LogP contribution < -0.4 is 16.4 Å². The number of rotatable bonds is 13. The van der Waals surface area contributed by atoms with Crippen molar-refractivity contribution in [3.05, 3.63) is 35.9 Å². The normalized spacial score (nSPS) is 17.8. The number of nitrogens with one attached hydrogen (secondary N) is 2. The minimum Gasteiger partial charge on any atom is -0.481 e. The molecule has 0 spiro atoms. The predicted molar refractivity (Wildman–Crippen MR) is 130 cm³/mol. The van der Waals surface area contributed by atoms with Crippen molar-refractivity contribution < 1.29 is 34.2 Å². The summed E-state index contributed by atoms with van der Waals surface area (Å²) in [7, 11) is 0. The molecule has 2 rings (SSSR count). The van der Waals surface area contributed by atoms with Crippen molar-refractivity contribution in [2.24, 2.45) is 5.73 Å². The van der Waals surface area contributed by atoms with Crippen LogP contribution in [-0.2, 0) is 30.4 Å². The number of hydrogen-bond donors (Lipinski definition) is 5. The maximum absolute atomic E-state index is 13.1. The molecule has 12 heteroatoms. The second kappa shape index (κ2) is 13.7. The molecule has 1 fully saturated rings. The van der Waals surface area contributed by atoms with E-state index in [1.54, 1.807) is 0 Å². The number of amides is 3. The van der Waals surface area contributed by atoms with E-state index < -0.39 is 54.3 Å². The largest absolute Gasteiger partial charge is 0.481 e. The van der Waals surface area contributed by atoms with Crippen LogP contribution in [0.1, 0.15) is 31.2 Å². The molecule has 1 heterocycles. The van der Waals surface area contributed by atoms with Gasteiger partial charge in [0.15, 0.2) is 0 Å². The van der Waals surface area contributed by atoms with Crippen molar-refractivity contribution in [3.8, 4) is 0 Å². The van der Waals surface area contributed by atoms with Crippen molar-refractivity contribution in [1.82, 2.24) is 15.5 Å². The van der Waals surface area contributed by atoms with Crippen LogP contribution in [0.2, 0.25) is 0 Å². The molecule has 3 amide bonds. The van der Waals surface area contributed by atoms with Gasteiger partial charge >= 0.3 is 11.9 Å². The summed E-state index contributed by atoms with van der Waals surface area (Å²) in [6.07, 6.45) is 2.55. The summed E-state index contributed by atoms with van der Waals surface area (Å²) in [6.45, 7) is 0.362. The lowest BCUT2D eigenvalue weighted by atomic mass is 10.0. The minimum absolute atomic E-state index is 0.201. The third-order valence-corrected chi connectivity index (χ3v) is 6.34. The summed E-state index contributed by atoms with van der Waals surface area (Å²) in [6, 6.07) is 4.96. The number of aliphatic carboxylic acids is 2. The number of hydrogen-bond acceptors (Lipinski definition) is 7. The van der Waals surface area contributed by atoms with Crippen LogP contribution in [-0.4, -0.2) is 87.5 Å². The highest BCUT2D eigenvalue weighted by Gasteiger charge is 2.38. The molecular weight excluding hydrogens is 476 g/mol. The van der Waals surface area contributed by atoms with Gasteiger partial charge in [0.25, 0.3) is 0 Å². The molecular formula is C23H32N4O7S. The van der Waals surface area contributed by atoms with E-state index in [1.165, 1.54) is 16.7 Å². The van der Waals surface area contributed by atoms with Crippen molar-refractivity contribution >= 4 is 41.4 Å². The number of carboxylic acids is 2. The number of carbonyl (C=O) groups is 5. The second-order valence-electron chi connectivity index (χ2n) is 8.33. The van der Waals surface area contributed by atoms with E-state index in [-0.39, 0.29) is 12.3 Å². The van der Waals surface area contributed by atoms with Crippen LogP contribution >= 0.6 is 11.8 Å². The zero-order chi connectivity index (χ0) is 26.0. The van der Waals surface area contributed by atoms with E-state index in [9.17, 15) is 29.1 Å². The lowest BCUT2D eigenvalue weighted by Gasteiger charge is -2.28. The van der Waals surface area contributed by atoms with Gasteiger partial charge in [0, 0.05) is 6.54 Å². The Balaban J connectivity index is 2.07. The fraction of sp³-hybridized carbons (Fsp3) is 0.522. The van der Waals surface area contributed by atoms with Crippen LogP contribution in [0.15, 0.2) is 30.3 Å². The molecule has 1 aromatic rings. The van der Waals surface area contributed by atoms with Crippen LogP contribution in [0.5, 0.6) is 0 Å². The van der Waals surface area contributed by atoms with Gasteiger partial charge in [-0.2, -0.15) is 11.8 Å². The van der Waals surface area contributed by atoms with Gasteiger partial charge in [0.05, 0.1) is 12.5 Å². The van der Waals surface area contributed by atoms with Gasteiger partial charge < -0.3 is 31.5 Å². The fourth-order valence-electron chi connectivity index (χ4n) is 3.89. The first-order valence-corrected chi connectivity index (χ1v) is 12.7. The zero-order valence-corrected chi connectivity index (χ0v) is 20.3. The highest BCUT2D eigenvalue weighted by atomic mass is 32.2. The van der Waals surface area contributed by atoms with Gasteiger partial charge in [-0.1, -0.05) is 30.3 Å². The monoisotopic (exact) mass is 508 g/mol. The molecule has 1 saturated heterocycles. The zero-order valence-electron chi connectivity index (χ0n) is 19.5. The summed E-state index contributed by atoms with van der Waals surface area (Å²) >= 11 is 1.43. The Morgan fingerprint density at radius 3 is 2.40 bits per heavy atom. The number of carbonyl (C=O) groups excluding carboxylic acids is 3. The molecule has 35 heavy (non-hydrogen) atoms. The summed E-state index contributed by atoms with van der Waals surface area (Å²) in [5.41, 5.74) is 7.04. The van der Waals surface area contributed by atoms with Gasteiger partial charge in [-0.25, -0.2) is 4.79 Å². The lowest BCUT2D eigenvalue weighted by molar-refractivity contribution is -0.147. The van der Waals surface area contributed by atoms with Gasteiger partial charge in [0.2, 0.25) is 17.7 Å². The molecule has 6 N–H and O–H groups in total. The summed E-state index contributed by atoms with van der Waals surface area (Å²) in [5, 5.41) is 22.9. The molecule has 0 radical (unpaired) electrons. The molecule has 11 nitrogen and oxygen atoms in total. The Kier molecular flexibility index (Phi) is 11.0. The van der Waals surface area contributed by atoms with Crippen molar-refractivity contribution in [2.75, 3.05) is 18.6 Å². The van der Waals surface area contributed by atoms with Gasteiger partial charge in [-0.15, -0.1) is 0 Å². The Bertz CT molecular complexity index is 914. The van der Waals surface area contributed by atoms with Crippen LogP contribution in [0.25, 0.3) is 0 Å². The standard InChI is InChI=1S/C23H32N4O7S/c1-35-11-9-16(20(30)26-17(23(33)34)13-19(28)29)25-21(31)18-8-5-10-27(18)22(32)15(24)12-14-6-3-2-4-7-14/h2-4,6-7,15-18H,5,8-13,24H2,1H3,(H,25,31)(H,26,30)(H,28,29)(H,33,34). The van der Waals surface area contributed by atoms with Crippen LogP contribution in [0.4, 0.5) is 0 Å². The molecule has 0 saturated carbocycles. The molecule has 4 unspecified atom stereocenters. The first-order valence-electron chi connectivity index (χ1n) is 11.3. The van der Waals surface area contributed by atoms with Gasteiger partial charge in [-0.05, 0) is 43.3 Å². The van der Waals surface area contributed by atoms with Crippen molar-refractivity contribution in [2.45, 2.75) is 56.3 Å². The Morgan fingerprint density at radius 2 is 1.80 bits per heavy atom. The lowest BCUT2D eigenvalue weighted by Crippen LogP contribution is -2.57. The SMILES string of the molecule is CSCCC(NC(=O)C1CCCN1C(=O)C(N)Cc1ccccc1)C(=O)NC(CC(=O)O)C(=O)O. The predicted octanol–water partition coefficient (Wildman–Crippen LogP) is -0.171. The van der Waals surface area contributed by atoms with Gasteiger partial charge in [0.1, 0.15) is 18.1 Å². The number of nitrogens with two attached hydrogens (primary N) is 1. The first kappa shape index (κ1) is 28.1. The number of likely N-dealkylation sites (tertiary alicyclic amines) is 1. The van der Waals surface area contributed by atoms with E-state index in [2.05, 4.69) is 10.6 Å². The van der Waals surface area contributed by atoms with Crippen LogP contribution in [0, 0.1) is 0 Å². The quantitative estimate of drug-likeness (QED) is 0.242. The Morgan fingerprint density at radius 1 is 1.11 bits per heavy atom. The summed E-state index contributed by atoms with van der Waals surface area (Å²) in [4.78, 5) is 62.5. The highest BCUT2D eigenvalue weighted by Crippen LogP contribution is 2.20. The summed E-state index contributed by atoms with van der Waals surface area (Å²) in [5.74, 6) is -4.06. The topological polar surface area (TPSA) is 179 Å². The molecule has 1 aromatic carbocycles. The Labute approximate surface area is 207 Å². The smallest absolute Gasteiger partial charge is 0.326 e. The third-order valence-electron chi connectivity index (χ3n) is 5.69. The van der Waals surface area contributed by atoms with E-state index in [0.717, 1.165) is 5.56 Å². The highest BCUT2D eigenvalue weighted by molar-refractivity contribution is 7.98. The molecule has 192 valence electrons. The molecule has 0 bridgehead atoms.